The van der Waals surface area contributed by atoms with Crippen molar-refractivity contribution in [2.24, 2.45) is 11.3 Å². The van der Waals surface area contributed by atoms with Gasteiger partial charge < -0.3 is 19.7 Å². The molecule has 2 amide bonds. The van der Waals surface area contributed by atoms with Gasteiger partial charge in [-0.2, -0.15) is 0 Å². The molecule has 1 aliphatic heterocycles. The fourth-order valence-electron chi connectivity index (χ4n) is 3.40. The number of carbonyl (C=O) groups is 2. The largest absolute Gasteiger partial charge is 0.490 e. The Balaban J connectivity index is 1.82. The molecule has 6 nitrogen and oxygen atoms in total. The van der Waals surface area contributed by atoms with E-state index in [1.807, 2.05) is 19.9 Å². The fourth-order valence-corrected chi connectivity index (χ4v) is 3.52. The smallest absolute Gasteiger partial charge is 0.267 e. The predicted octanol–water partition coefficient (Wildman–Crippen LogP) is 5.54. The van der Waals surface area contributed by atoms with Crippen molar-refractivity contribution >= 4 is 34.8 Å². The van der Waals surface area contributed by atoms with Crippen LogP contribution in [0.15, 0.2) is 42.5 Å². The summed E-state index contributed by atoms with van der Waals surface area (Å²) in [5, 5.41) is 3.49. The number of benzene rings is 2. The molecular formula is C25H31ClN2O4. The predicted molar refractivity (Wildman–Crippen MR) is 128 cm³/mol. The molecule has 0 saturated carbocycles. The van der Waals surface area contributed by atoms with Crippen molar-refractivity contribution in [3.63, 3.8) is 0 Å². The molecule has 0 bridgehead atoms. The molecule has 2 aromatic rings. The van der Waals surface area contributed by atoms with E-state index >= 15 is 0 Å². The summed E-state index contributed by atoms with van der Waals surface area (Å²) in [6, 6.07) is 12.2. The number of halogens is 1. The average Bonchev–Trinajstić information content (AvgIpc) is 2.79. The lowest BCUT2D eigenvalue weighted by Gasteiger charge is -2.29. The quantitative estimate of drug-likeness (QED) is 0.616. The first-order valence-corrected chi connectivity index (χ1v) is 11.1. The maximum atomic E-state index is 13.1. The van der Waals surface area contributed by atoms with Crippen molar-refractivity contribution < 1.29 is 19.1 Å². The summed E-state index contributed by atoms with van der Waals surface area (Å²) >= 11 is 5.92. The lowest BCUT2D eigenvalue weighted by Crippen LogP contribution is -2.43. The van der Waals surface area contributed by atoms with Crippen LogP contribution in [0.1, 0.15) is 41.5 Å². The highest BCUT2D eigenvalue weighted by Crippen LogP contribution is 2.38. The van der Waals surface area contributed by atoms with Crippen LogP contribution in [0.2, 0.25) is 5.02 Å². The summed E-state index contributed by atoms with van der Waals surface area (Å²) in [7, 11) is 0. The van der Waals surface area contributed by atoms with Crippen molar-refractivity contribution in [3.05, 3.63) is 47.5 Å². The summed E-state index contributed by atoms with van der Waals surface area (Å²) in [4.78, 5) is 27.8. The van der Waals surface area contributed by atoms with Crippen LogP contribution in [-0.4, -0.2) is 30.6 Å². The van der Waals surface area contributed by atoms with Crippen LogP contribution in [0.3, 0.4) is 0 Å². The minimum Gasteiger partial charge on any atom is -0.490 e. The fraction of sp³-hybridized carbons (Fsp3) is 0.440. The highest BCUT2D eigenvalue weighted by molar-refractivity contribution is 6.30. The van der Waals surface area contributed by atoms with Crippen LogP contribution < -0.4 is 19.7 Å². The second-order valence-corrected chi connectivity index (χ2v) is 10.1. The monoisotopic (exact) mass is 458 g/mol. The number of carbonyl (C=O) groups excluding carboxylic acids is 2. The second kappa shape index (κ2) is 9.02. The summed E-state index contributed by atoms with van der Waals surface area (Å²) in [6.45, 7) is 12.2. The number of ether oxygens (including phenoxy) is 2. The Morgan fingerprint density at radius 1 is 1.22 bits per heavy atom. The molecule has 0 aliphatic carbocycles. The molecule has 1 aliphatic rings. The van der Waals surface area contributed by atoms with Gasteiger partial charge >= 0.3 is 0 Å². The zero-order valence-electron chi connectivity index (χ0n) is 19.5. The Hall–Kier alpha value is -2.73. The number of fused-ring (bicyclic) bond motifs is 1. The van der Waals surface area contributed by atoms with Crippen molar-refractivity contribution in [2.45, 2.75) is 47.1 Å². The Kier molecular flexibility index (Phi) is 6.75. The number of nitrogens with one attached hydrogen (secondary N) is 1. The number of nitrogens with zero attached hydrogens (tertiary/aromatic N) is 1. The molecule has 0 unspecified atom stereocenters. The van der Waals surface area contributed by atoms with E-state index in [0.717, 1.165) is 0 Å². The lowest BCUT2D eigenvalue weighted by atomic mass is 9.92. The SMILES string of the molecule is CC(C)CN1C(=O)C(C)(C)COc2cc(NC(=O)C(C)(C)Oc3ccc(Cl)cc3)ccc21. The Morgan fingerprint density at radius 2 is 1.88 bits per heavy atom. The van der Waals surface area contributed by atoms with E-state index in [1.54, 1.807) is 55.1 Å². The molecule has 0 radical (unpaired) electrons. The van der Waals surface area contributed by atoms with Crippen LogP contribution in [0.4, 0.5) is 11.4 Å². The minimum absolute atomic E-state index is 0.0271. The van der Waals surface area contributed by atoms with Crippen molar-refractivity contribution in [1.29, 1.82) is 0 Å². The van der Waals surface area contributed by atoms with Gasteiger partial charge in [0.25, 0.3) is 5.91 Å². The molecule has 172 valence electrons. The molecule has 0 atom stereocenters. The van der Waals surface area contributed by atoms with Gasteiger partial charge in [-0.25, -0.2) is 0 Å². The third-order valence-corrected chi connectivity index (χ3v) is 5.45. The molecule has 7 heteroatoms. The molecule has 0 spiro atoms. The first kappa shape index (κ1) is 23.9. The molecule has 0 fully saturated rings. The third kappa shape index (κ3) is 5.36. The molecule has 0 aromatic heterocycles. The van der Waals surface area contributed by atoms with Crippen molar-refractivity contribution in [2.75, 3.05) is 23.4 Å². The van der Waals surface area contributed by atoms with E-state index in [-0.39, 0.29) is 18.4 Å². The average molecular weight is 459 g/mol. The third-order valence-electron chi connectivity index (χ3n) is 5.20. The van der Waals surface area contributed by atoms with Gasteiger partial charge in [0, 0.05) is 23.3 Å². The number of hydrogen-bond donors (Lipinski definition) is 1. The van der Waals surface area contributed by atoms with E-state index in [1.165, 1.54) is 0 Å². The summed E-state index contributed by atoms with van der Waals surface area (Å²) in [6.07, 6.45) is 0. The van der Waals surface area contributed by atoms with Gasteiger partial charge in [-0.05, 0) is 70.0 Å². The first-order chi connectivity index (χ1) is 14.9. The molecule has 1 N–H and O–H groups in total. The summed E-state index contributed by atoms with van der Waals surface area (Å²) in [5.74, 6) is 1.13. The van der Waals surface area contributed by atoms with E-state index in [0.29, 0.717) is 40.4 Å². The normalized spacial score (nSPS) is 15.6. The van der Waals surface area contributed by atoms with Gasteiger partial charge in [0.05, 0.1) is 11.1 Å². The Bertz CT molecular complexity index is 1000. The van der Waals surface area contributed by atoms with Crippen LogP contribution in [0.25, 0.3) is 0 Å². The topological polar surface area (TPSA) is 67.9 Å². The zero-order valence-corrected chi connectivity index (χ0v) is 20.2. The van der Waals surface area contributed by atoms with Gasteiger partial charge in [0.2, 0.25) is 5.91 Å². The summed E-state index contributed by atoms with van der Waals surface area (Å²) in [5.41, 5.74) is -0.489. The van der Waals surface area contributed by atoms with Crippen LogP contribution >= 0.6 is 11.6 Å². The van der Waals surface area contributed by atoms with E-state index < -0.39 is 11.0 Å². The van der Waals surface area contributed by atoms with Crippen LogP contribution in [-0.2, 0) is 9.59 Å². The highest BCUT2D eigenvalue weighted by Gasteiger charge is 2.38. The minimum atomic E-state index is -1.12. The number of anilines is 2. The molecule has 32 heavy (non-hydrogen) atoms. The molecule has 0 saturated heterocycles. The summed E-state index contributed by atoms with van der Waals surface area (Å²) < 4.78 is 11.9. The van der Waals surface area contributed by atoms with E-state index in [9.17, 15) is 9.59 Å². The first-order valence-electron chi connectivity index (χ1n) is 10.7. The highest BCUT2D eigenvalue weighted by atomic mass is 35.5. The van der Waals surface area contributed by atoms with Crippen LogP contribution in [0, 0.1) is 11.3 Å². The number of hydrogen-bond acceptors (Lipinski definition) is 4. The van der Waals surface area contributed by atoms with Crippen LogP contribution in [0.5, 0.6) is 11.5 Å². The molecule has 1 heterocycles. The van der Waals surface area contributed by atoms with Gasteiger partial charge in [-0.15, -0.1) is 0 Å². The lowest BCUT2D eigenvalue weighted by molar-refractivity contribution is -0.128. The Labute approximate surface area is 194 Å². The van der Waals surface area contributed by atoms with Gasteiger partial charge in [0.15, 0.2) is 5.60 Å². The zero-order chi connectivity index (χ0) is 23.7. The maximum absolute atomic E-state index is 13.1. The maximum Gasteiger partial charge on any atom is 0.267 e. The molecular weight excluding hydrogens is 428 g/mol. The Morgan fingerprint density at radius 3 is 2.50 bits per heavy atom. The standard InChI is InChI=1S/C25H31ClN2O4/c1-16(2)14-28-20-12-9-18(13-21(20)31-15-24(3,4)23(28)30)27-22(29)25(5,6)32-19-10-7-17(26)8-11-19/h7-13,16H,14-15H2,1-6H3,(H,27,29). The van der Waals surface area contributed by atoms with E-state index in [2.05, 4.69) is 19.2 Å². The van der Waals surface area contributed by atoms with E-state index in [4.69, 9.17) is 21.1 Å². The number of amides is 2. The number of rotatable bonds is 6. The molecule has 3 rings (SSSR count). The van der Waals surface area contributed by atoms with Gasteiger partial charge in [0.1, 0.15) is 18.1 Å². The van der Waals surface area contributed by atoms with Crippen molar-refractivity contribution in [3.8, 4) is 11.5 Å². The van der Waals surface area contributed by atoms with Gasteiger partial charge in [-0.1, -0.05) is 25.4 Å². The second-order valence-electron chi connectivity index (χ2n) is 9.69. The van der Waals surface area contributed by atoms with Gasteiger partial charge in [-0.3, -0.25) is 9.59 Å². The van der Waals surface area contributed by atoms with Crippen molar-refractivity contribution in [1.82, 2.24) is 0 Å². The molecule has 2 aromatic carbocycles.